The van der Waals surface area contributed by atoms with E-state index in [0.717, 1.165) is 33.6 Å². The smallest absolute Gasteiger partial charge is 0.222 e. The van der Waals surface area contributed by atoms with Gasteiger partial charge in [0, 0.05) is 35.4 Å². The molecule has 2 heterocycles. The Morgan fingerprint density at radius 3 is 2.95 bits per heavy atom. The maximum atomic E-state index is 12.0. The summed E-state index contributed by atoms with van der Waals surface area (Å²) in [4.78, 5) is 17.6. The van der Waals surface area contributed by atoms with Gasteiger partial charge in [-0.1, -0.05) is 0 Å². The minimum absolute atomic E-state index is 0.0509. The molecule has 1 aromatic rings. The lowest BCUT2D eigenvalue weighted by atomic mass is 10.2. The monoisotopic (exact) mass is 299 g/mol. The third-order valence-corrected chi connectivity index (χ3v) is 5.53. The molecule has 1 saturated heterocycles. The van der Waals surface area contributed by atoms with Gasteiger partial charge in [0.05, 0.1) is 16.7 Å². The van der Waals surface area contributed by atoms with Gasteiger partial charge in [-0.15, -0.1) is 11.3 Å². The molecule has 106 valence electrons. The summed E-state index contributed by atoms with van der Waals surface area (Å²) in [6, 6.07) is 0.366. The van der Waals surface area contributed by atoms with E-state index in [-0.39, 0.29) is 11.9 Å². The zero-order chi connectivity index (χ0) is 13.8. The fourth-order valence-electron chi connectivity index (χ4n) is 2.29. The van der Waals surface area contributed by atoms with Crippen LogP contribution in [0, 0.1) is 13.8 Å². The Labute approximate surface area is 122 Å². The summed E-state index contributed by atoms with van der Waals surface area (Å²) in [5.74, 6) is 2.30. The molecule has 1 aromatic heterocycles. The number of hydrogen-bond acceptors (Lipinski definition) is 5. The van der Waals surface area contributed by atoms with Gasteiger partial charge in [-0.2, -0.15) is 11.8 Å². The summed E-state index contributed by atoms with van der Waals surface area (Å²) in [5, 5.41) is 7.52. The molecule has 0 radical (unpaired) electrons. The first-order chi connectivity index (χ1) is 9.06. The average molecular weight is 299 g/mol. The van der Waals surface area contributed by atoms with Crippen molar-refractivity contribution in [2.45, 2.75) is 39.3 Å². The van der Waals surface area contributed by atoms with Crippen molar-refractivity contribution >= 4 is 29.0 Å². The SMILES string of the molecule is Cc1nc(C)c(C(C)NC(=O)CC2CSCCN2)s1. The van der Waals surface area contributed by atoms with E-state index in [1.165, 1.54) is 0 Å². The van der Waals surface area contributed by atoms with Gasteiger partial charge in [-0.25, -0.2) is 4.98 Å². The quantitative estimate of drug-likeness (QED) is 0.893. The standard InChI is InChI=1S/C13H21N3OS2/c1-8-13(19-10(3)15-8)9(2)16-12(17)6-11-7-18-5-4-14-11/h9,11,14H,4-7H2,1-3H3,(H,16,17). The Morgan fingerprint density at radius 1 is 1.58 bits per heavy atom. The van der Waals surface area contributed by atoms with Crippen LogP contribution in [-0.4, -0.2) is 35.0 Å². The molecular formula is C13H21N3OS2. The third kappa shape index (κ3) is 4.19. The predicted molar refractivity (Wildman–Crippen MR) is 81.9 cm³/mol. The molecule has 1 aliphatic rings. The van der Waals surface area contributed by atoms with E-state index in [2.05, 4.69) is 15.6 Å². The van der Waals surface area contributed by atoms with Crippen LogP contribution in [0.4, 0.5) is 0 Å². The van der Waals surface area contributed by atoms with Crippen LogP contribution in [0.1, 0.15) is 35.0 Å². The summed E-state index contributed by atoms with van der Waals surface area (Å²) in [7, 11) is 0. The van der Waals surface area contributed by atoms with Gasteiger partial charge in [-0.05, 0) is 20.8 Å². The molecule has 2 rings (SSSR count). The van der Waals surface area contributed by atoms with E-state index in [0.29, 0.717) is 12.5 Å². The van der Waals surface area contributed by atoms with Gasteiger partial charge in [0.1, 0.15) is 0 Å². The lowest BCUT2D eigenvalue weighted by Crippen LogP contribution is -2.41. The van der Waals surface area contributed by atoms with E-state index < -0.39 is 0 Å². The molecule has 1 aliphatic heterocycles. The number of thiazole rings is 1. The molecule has 2 N–H and O–H groups in total. The predicted octanol–water partition coefficient (Wildman–Crippen LogP) is 2.03. The molecule has 1 amide bonds. The fraction of sp³-hybridized carbons (Fsp3) is 0.692. The topological polar surface area (TPSA) is 54.0 Å². The summed E-state index contributed by atoms with van der Waals surface area (Å²) in [6.07, 6.45) is 0.564. The van der Waals surface area contributed by atoms with Crippen LogP contribution < -0.4 is 10.6 Å². The summed E-state index contributed by atoms with van der Waals surface area (Å²) in [6.45, 7) is 7.03. The number of carbonyl (C=O) groups is 1. The molecular weight excluding hydrogens is 278 g/mol. The molecule has 2 unspecified atom stereocenters. The van der Waals surface area contributed by atoms with E-state index in [1.54, 1.807) is 11.3 Å². The number of carbonyl (C=O) groups excluding carboxylic acids is 1. The zero-order valence-corrected chi connectivity index (χ0v) is 13.3. The number of thioether (sulfide) groups is 1. The van der Waals surface area contributed by atoms with Crippen molar-refractivity contribution < 1.29 is 4.79 Å². The first kappa shape index (κ1) is 14.8. The van der Waals surface area contributed by atoms with Gasteiger partial charge in [-0.3, -0.25) is 4.79 Å². The number of hydrogen-bond donors (Lipinski definition) is 2. The second-order valence-electron chi connectivity index (χ2n) is 4.90. The summed E-state index contributed by atoms with van der Waals surface area (Å²) < 4.78 is 0. The molecule has 4 nitrogen and oxygen atoms in total. The lowest BCUT2D eigenvalue weighted by Gasteiger charge is -2.23. The second kappa shape index (κ2) is 6.72. The number of rotatable bonds is 4. The molecule has 0 aliphatic carbocycles. The highest BCUT2D eigenvalue weighted by atomic mass is 32.2. The van der Waals surface area contributed by atoms with E-state index in [1.807, 2.05) is 32.5 Å². The van der Waals surface area contributed by atoms with E-state index in [4.69, 9.17) is 0 Å². The molecule has 6 heteroatoms. The second-order valence-corrected chi connectivity index (χ2v) is 7.29. The van der Waals surface area contributed by atoms with Gasteiger partial charge in [0.25, 0.3) is 0 Å². The first-order valence-electron chi connectivity index (χ1n) is 6.60. The van der Waals surface area contributed by atoms with Gasteiger partial charge >= 0.3 is 0 Å². The minimum Gasteiger partial charge on any atom is -0.349 e. The largest absolute Gasteiger partial charge is 0.349 e. The normalized spacial score (nSPS) is 21.1. The van der Waals surface area contributed by atoms with Crippen molar-refractivity contribution in [3.63, 3.8) is 0 Å². The molecule has 0 bridgehead atoms. The maximum Gasteiger partial charge on any atom is 0.222 e. The number of aryl methyl sites for hydroxylation is 2. The molecule has 0 spiro atoms. The van der Waals surface area contributed by atoms with Crippen LogP contribution in [0.25, 0.3) is 0 Å². The van der Waals surface area contributed by atoms with Crippen LogP contribution in [-0.2, 0) is 4.79 Å². The highest BCUT2D eigenvalue weighted by Gasteiger charge is 2.19. The van der Waals surface area contributed by atoms with Gasteiger partial charge < -0.3 is 10.6 Å². The highest BCUT2D eigenvalue weighted by Crippen LogP contribution is 2.24. The summed E-state index contributed by atoms with van der Waals surface area (Å²) >= 11 is 3.58. The molecule has 0 saturated carbocycles. The van der Waals surface area contributed by atoms with E-state index in [9.17, 15) is 4.79 Å². The number of nitrogens with zero attached hydrogens (tertiary/aromatic N) is 1. The van der Waals surface area contributed by atoms with Crippen LogP contribution in [0.5, 0.6) is 0 Å². The van der Waals surface area contributed by atoms with Gasteiger partial charge in [0.2, 0.25) is 5.91 Å². The molecule has 1 fully saturated rings. The maximum absolute atomic E-state index is 12.0. The van der Waals surface area contributed by atoms with Crippen molar-refractivity contribution in [1.29, 1.82) is 0 Å². The average Bonchev–Trinajstić information content (AvgIpc) is 2.69. The minimum atomic E-state index is 0.0509. The highest BCUT2D eigenvalue weighted by molar-refractivity contribution is 7.99. The van der Waals surface area contributed by atoms with Crippen LogP contribution in [0.2, 0.25) is 0 Å². The molecule has 19 heavy (non-hydrogen) atoms. The lowest BCUT2D eigenvalue weighted by molar-refractivity contribution is -0.122. The Hall–Kier alpha value is -0.590. The van der Waals surface area contributed by atoms with Crippen molar-refractivity contribution in [3.05, 3.63) is 15.6 Å². The summed E-state index contributed by atoms with van der Waals surface area (Å²) in [5.41, 5.74) is 1.03. The first-order valence-corrected chi connectivity index (χ1v) is 8.58. The number of aromatic nitrogens is 1. The Morgan fingerprint density at radius 2 is 2.37 bits per heavy atom. The molecule has 2 atom stereocenters. The van der Waals surface area contributed by atoms with Crippen molar-refractivity contribution in [2.75, 3.05) is 18.1 Å². The number of nitrogens with one attached hydrogen (secondary N) is 2. The van der Waals surface area contributed by atoms with Crippen molar-refractivity contribution in [1.82, 2.24) is 15.6 Å². The zero-order valence-electron chi connectivity index (χ0n) is 11.7. The van der Waals surface area contributed by atoms with Crippen LogP contribution >= 0.6 is 23.1 Å². The van der Waals surface area contributed by atoms with Crippen molar-refractivity contribution in [3.8, 4) is 0 Å². The Bertz CT molecular complexity index is 441. The van der Waals surface area contributed by atoms with Crippen molar-refractivity contribution in [2.24, 2.45) is 0 Å². The Kier molecular flexibility index (Phi) is 5.24. The number of amides is 1. The fourth-order valence-corrected chi connectivity index (χ4v) is 4.17. The molecule has 0 aromatic carbocycles. The van der Waals surface area contributed by atoms with E-state index >= 15 is 0 Å². The third-order valence-electron chi connectivity index (χ3n) is 3.14. The Balaban J connectivity index is 1.86. The van der Waals surface area contributed by atoms with Crippen LogP contribution in [0.3, 0.4) is 0 Å². The van der Waals surface area contributed by atoms with Gasteiger partial charge in [0.15, 0.2) is 0 Å². The van der Waals surface area contributed by atoms with Crippen LogP contribution in [0.15, 0.2) is 0 Å².